The number of hydrogen-bond donors (Lipinski definition) is 2. The van der Waals surface area contributed by atoms with Crippen LogP contribution < -0.4 is 15.4 Å². The van der Waals surface area contributed by atoms with E-state index in [-0.39, 0.29) is 12.3 Å². The molecule has 2 N–H and O–H groups in total. The number of rotatable bonds is 8. The van der Waals surface area contributed by atoms with Crippen LogP contribution in [0.1, 0.15) is 17.8 Å². The monoisotopic (exact) mass is 402 g/mol. The van der Waals surface area contributed by atoms with Gasteiger partial charge in [0.05, 0.1) is 7.11 Å². The van der Waals surface area contributed by atoms with Gasteiger partial charge in [-0.2, -0.15) is 4.52 Å². The molecule has 0 fully saturated rings. The molecular weight excluding hydrogens is 380 g/mol. The SMILES string of the molecule is COc1cccc(NC(=O)CCc2nnc3ccc(NCc4ccccc4)nn23)c1. The first-order valence-corrected chi connectivity index (χ1v) is 9.64. The first kappa shape index (κ1) is 19.4. The van der Waals surface area contributed by atoms with Crippen LogP contribution in [0.25, 0.3) is 5.65 Å². The van der Waals surface area contributed by atoms with Crippen LogP contribution in [0.15, 0.2) is 66.7 Å². The van der Waals surface area contributed by atoms with Crippen molar-refractivity contribution in [1.29, 1.82) is 0 Å². The van der Waals surface area contributed by atoms with Crippen molar-refractivity contribution in [3.8, 4) is 5.75 Å². The summed E-state index contributed by atoms with van der Waals surface area (Å²) in [5, 5.41) is 19.1. The van der Waals surface area contributed by atoms with Crippen LogP contribution in [0.4, 0.5) is 11.5 Å². The summed E-state index contributed by atoms with van der Waals surface area (Å²) in [5.74, 6) is 1.93. The largest absolute Gasteiger partial charge is 0.497 e. The van der Waals surface area contributed by atoms with E-state index in [1.165, 1.54) is 0 Å². The second-order valence-electron chi connectivity index (χ2n) is 6.72. The van der Waals surface area contributed by atoms with Crippen molar-refractivity contribution in [2.45, 2.75) is 19.4 Å². The van der Waals surface area contributed by atoms with Crippen LogP contribution in [-0.4, -0.2) is 32.8 Å². The first-order valence-electron chi connectivity index (χ1n) is 9.64. The number of amides is 1. The highest BCUT2D eigenvalue weighted by Crippen LogP contribution is 2.17. The average molecular weight is 402 g/mol. The van der Waals surface area contributed by atoms with Crippen LogP contribution in [0.2, 0.25) is 0 Å². The van der Waals surface area contributed by atoms with Gasteiger partial charge in [-0.3, -0.25) is 4.79 Å². The number of nitrogens with one attached hydrogen (secondary N) is 2. The Morgan fingerprint density at radius 3 is 2.73 bits per heavy atom. The maximum atomic E-state index is 12.3. The molecule has 152 valence electrons. The van der Waals surface area contributed by atoms with E-state index < -0.39 is 0 Å². The standard InChI is InChI=1S/C22H22N6O2/c1-30-18-9-5-8-17(14-18)24-22(29)13-12-21-26-25-20-11-10-19(27-28(20)21)23-15-16-6-3-2-4-7-16/h2-11,14H,12-13,15H2,1H3,(H,23,27)(H,24,29). The molecule has 2 aromatic carbocycles. The molecule has 4 aromatic rings. The second kappa shape index (κ2) is 9.04. The molecule has 8 heteroatoms. The Bertz CT molecular complexity index is 1140. The minimum atomic E-state index is -0.113. The van der Waals surface area contributed by atoms with Crippen molar-refractivity contribution in [3.05, 3.63) is 78.1 Å². The van der Waals surface area contributed by atoms with E-state index in [4.69, 9.17) is 4.74 Å². The van der Waals surface area contributed by atoms with Gasteiger partial charge in [0.1, 0.15) is 11.6 Å². The summed E-state index contributed by atoms with van der Waals surface area (Å²) in [4.78, 5) is 12.3. The van der Waals surface area contributed by atoms with Gasteiger partial charge in [0.15, 0.2) is 11.5 Å². The third-order valence-electron chi connectivity index (χ3n) is 4.57. The van der Waals surface area contributed by atoms with Gasteiger partial charge < -0.3 is 15.4 Å². The minimum Gasteiger partial charge on any atom is -0.497 e. The van der Waals surface area contributed by atoms with Gasteiger partial charge in [-0.1, -0.05) is 36.4 Å². The smallest absolute Gasteiger partial charge is 0.224 e. The summed E-state index contributed by atoms with van der Waals surface area (Å²) >= 11 is 0. The molecule has 1 amide bonds. The zero-order valence-electron chi connectivity index (χ0n) is 16.6. The van der Waals surface area contributed by atoms with Crippen molar-refractivity contribution >= 4 is 23.1 Å². The van der Waals surface area contributed by atoms with Crippen LogP contribution in [0.5, 0.6) is 5.75 Å². The molecule has 0 aliphatic carbocycles. The normalized spacial score (nSPS) is 10.7. The Kier molecular flexibility index (Phi) is 5.84. The van der Waals surface area contributed by atoms with Gasteiger partial charge in [-0.05, 0) is 29.8 Å². The molecule has 0 aliphatic heterocycles. The number of hydrogen-bond acceptors (Lipinski definition) is 6. The zero-order valence-corrected chi connectivity index (χ0v) is 16.6. The molecule has 0 atom stereocenters. The van der Waals surface area contributed by atoms with E-state index in [2.05, 4.69) is 38.1 Å². The Hall–Kier alpha value is -3.94. The molecule has 8 nitrogen and oxygen atoms in total. The lowest BCUT2D eigenvalue weighted by atomic mass is 10.2. The van der Waals surface area contributed by atoms with Gasteiger partial charge in [0.2, 0.25) is 5.91 Å². The van der Waals surface area contributed by atoms with Crippen molar-refractivity contribution in [2.75, 3.05) is 17.7 Å². The predicted octanol–water partition coefficient (Wildman–Crippen LogP) is 3.32. The molecular formula is C22H22N6O2. The molecule has 0 bridgehead atoms. The fourth-order valence-corrected chi connectivity index (χ4v) is 3.02. The lowest BCUT2D eigenvalue weighted by Crippen LogP contribution is -2.13. The van der Waals surface area contributed by atoms with E-state index in [0.717, 1.165) is 5.56 Å². The van der Waals surface area contributed by atoms with Crippen LogP contribution in [-0.2, 0) is 17.8 Å². The number of aromatic nitrogens is 4. The highest BCUT2D eigenvalue weighted by molar-refractivity contribution is 5.90. The molecule has 0 aliphatic rings. The van der Waals surface area contributed by atoms with Crippen molar-refractivity contribution < 1.29 is 9.53 Å². The van der Waals surface area contributed by atoms with Gasteiger partial charge in [0, 0.05) is 31.1 Å². The Labute approximate surface area is 173 Å². The molecule has 0 radical (unpaired) electrons. The minimum absolute atomic E-state index is 0.113. The number of ether oxygens (including phenoxy) is 1. The molecule has 30 heavy (non-hydrogen) atoms. The van der Waals surface area contributed by atoms with Crippen molar-refractivity contribution in [1.82, 2.24) is 19.8 Å². The summed E-state index contributed by atoms with van der Waals surface area (Å²) in [5.41, 5.74) is 2.50. The number of aryl methyl sites for hydroxylation is 1. The number of carbonyl (C=O) groups is 1. The van der Waals surface area contributed by atoms with E-state index in [9.17, 15) is 4.79 Å². The number of carbonyl (C=O) groups excluding carboxylic acids is 1. The van der Waals surface area contributed by atoms with Crippen molar-refractivity contribution in [3.63, 3.8) is 0 Å². The number of fused-ring (bicyclic) bond motifs is 1. The highest BCUT2D eigenvalue weighted by atomic mass is 16.5. The Morgan fingerprint density at radius 1 is 1.03 bits per heavy atom. The number of methoxy groups -OCH3 is 1. The summed E-state index contributed by atoms with van der Waals surface area (Å²) in [7, 11) is 1.59. The molecule has 0 unspecified atom stereocenters. The summed E-state index contributed by atoms with van der Waals surface area (Å²) in [6, 6.07) is 21.1. The van der Waals surface area contributed by atoms with Crippen LogP contribution in [0, 0.1) is 0 Å². The zero-order chi connectivity index (χ0) is 20.8. The van der Waals surface area contributed by atoms with Gasteiger partial charge in [-0.15, -0.1) is 15.3 Å². The second-order valence-corrected chi connectivity index (χ2v) is 6.72. The Balaban J connectivity index is 1.39. The maximum Gasteiger partial charge on any atom is 0.224 e. The van der Waals surface area contributed by atoms with E-state index in [1.54, 1.807) is 17.7 Å². The molecule has 2 aromatic heterocycles. The fraction of sp³-hybridized carbons (Fsp3) is 0.182. The Morgan fingerprint density at radius 2 is 1.90 bits per heavy atom. The topological polar surface area (TPSA) is 93.4 Å². The molecule has 0 saturated heterocycles. The third-order valence-corrected chi connectivity index (χ3v) is 4.57. The van der Waals surface area contributed by atoms with E-state index in [0.29, 0.717) is 41.7 Å². The summed E-state index contributed by atoms with van der Waals surface area (Å²) in [6.07, 6.45) is 0.688. The third kappa shape index (κ3) is 4.72. The summed E-state index contributed by atoms with van der Waals surface area (Å²) in [6.45, 7) is 0.666. The maximum absolute atomic E-state index is 12.3. The van der Waals surface area contributed by atoms with E-state index in [1.807, 2.05) is 48.5 Å². The number of nitrogens with zero attached hydrogens (tertiary/aromatic N) is 4. The van der Waals surface area contributed by atoms with Gasteiger partial charge in [0.25, 0.3) is 0 Å². The summed E-state index contributed by atoms with van der Waals surface area (Å²) < 4.78 is 6.85. The lowest BCUT2D eigenvalue weighted by molar-refractivity contribution is -0.116. The molecule has 0 saturated carbocycles. The van der Waals surface area contributed by atoms with Crippen LogP contribution >= 0.6 is 0 Å². The number of anilines is 2. The first-order chi connectivity index (χ1) is 14.7. The fourth-order valence-electron chi connectivity index (χ4n) is 3.02. The van der Waals surface area contributed by atoms with Crippen molar-refractivity contribution in [2.24, 2.45) is 0 Å². The quantitative estimate of drug-likeness (QED) is 0.470. The molecule has 4 rings (SSSR count). The average Bonchev–Trinajstić information content (AvgIpc) is 3.19. The van der Waals surface area contributed by atoms with Gasteiger partial charge in [-0.25, -0.2) is 0 Å². The highest BCUT2D eigenvalue weighted by Gasteiger charge is 2.11. The predicted molar refractivity (Wildman–Crippen MR) is 114 cm³/mol. The number of benzene rings is 2. The molecule has 2 heterocycles. The van der Waals surface area contributed by atoms with Crippen LogP contribution in [0.3, 0.4) is 0 Å². The van der Waals surface area contributed by atoms with E-state index >= 15 is 0 Å². The van der Waals surface area contributed by atoms with Gasteiger partial charge >= 0.3 is 0 Å². The lowest BCUT2D eigenvalue weighted by Gasteiger charge is -2.07. The molecule has 0 spiro atoms.